The average molecular weight is 688 g/mol. The van der Waals surface area contributed by atoms with Crippen molar-refractivity contribution in [2.75, 3.05) is 13.6 Å². The molecule has 1 fully saturated rings. The van der Waals surface area contributed by atoms with Gasteiger partial charge in [0.1, 0.15) is 17.0 Å². The number of benzene rings is 1. The van der Waals surface area contributed by atoms with Crippen LogP contribution in [0.5, 0.6) is 11.5 Å². The van der Waals surface area contributed by atoms with E-state index in [0.717, 1.165) is 12.5 Å². The lowest BCUT2D eigenvalue weighted by molar-refractivity contribution is -0.183. The number of ether oxygens (including phenoxy) is 7. The van der Waals surface area contributed by atoms with Crippen molar-refractivity contribution < 1.29 is 62.2 Å². The first-order chi connectivity index (χ1) is 22.6. The van der Waals surface area contributed by atoms with Crippen LogP contribution in [-0.4, -0.2) is 94.8 Å². The number of carbonyl (C=O) groups is 5. The molecule has 0 saturated carbocycles. The van der Waals surface area contributed by atoms with Gasteiger partial charge in [0, 0.05) is 24.9 Å². The fourth-order valence-corrected chi connectivity index (χ4v) is 7.25. The first-order valence-corrected chi connectivity index (χ1v) is 16.3. The predicted octanol–water partition coefficient (Wildman–Crippen LogP) is 3.42. The summed E-state index contributed by atoms with van der Waals surface area (Å²) < 4.78 is 38.8. The van der Waals surface area contributed by atoms with Gasteiger partial charge in [-0.2, -0.15) is 0 Å². The Labute approximate surface area is 284 Å². The largest absolute Gasteiger partial charge is 0.514 e. The van der Waals surface area contributed by atoms with Crippen LogP contribution < -0.4 is 9.47 Å². The molecule has 2 heterocycles. The molecular weight excluding hydrogens is 642 g/mol. The zero-order valence-electron chi connectivity index (χ0n) is 29.4. The van der Waals surface area contributed by atoms with Gasteiger partial charge in [0.15, 0.2) is 23.7 Å². The Morgan fingerprint density at radius 1 is 1.00 bits per heavy atom. The number of likely N-dealkylation sites (N-methyl/N-ethyl adjacent to an activating group) is 1. The van der Waals surface area contributed by atoms with Gasteiger partial charge in [0.2, 0.25) is 6.10 Å². The Kier molecular flexibility index (Phi) is 9.30. The molecule has 0 unspecified atom stereocenters. The van der Waals surface area contributed by atoms with Crippen LogP contribution in [0.15, 0.2) is 24.0 Å². The van der Waals surface area contributed by atoms with E-state index < -0.39 is 77.0 Å². The third kappa shape index (κ3) is 6.85. The van der Waals surface area contributed by atoms with E-state index in [0.29, 0.717) is 24.9 Å². The molecule has 6 atom stereocenters. The summed E-state index contributed by atoms with van der Waals surface area (Å²) >= 11 is 0. The first-order valence-electron chi connectivity index (χ1n) is 16.3. The molecule has 0 radical (unpaired) electrons. The summed E-state index contributed by atoms with van der Waals surface area (Å²) in [5.74, 6) is -3.34. The van der Waals surface area contributed by atoms with Crippen molar-refractivity contribution in [3.8, 4) is 11.5 Å². The molecule has 0 amide bonds. The summed E-state index contributed by atoms with van der Waals surface area (Å²) in [5.41, 5.74) is -2.46. The lowest BCUT2D eigenvalue weighted by Gasteiger charge is -2.61. The van der Waals surface area contributed by atoms with Crippen LogP contribution in [0.3, 0.4) is 0 Å². The molecule has 1 N–H and O–H groups in total. The minimum Gasteiger partial charge on any atom is -0.477 e. The maximum Gasteiger partial charge on any atom is 0.514 e. The van der Waals surface area contributed by atoms with Crippen LogP contribution in [0.1, 0.15) is 85.8 Å². The monoisotopic (exact) mass is 687 g/mol. The summed E-state index contributed by atoms with van der Waals surface area (Å²) in [6, 6.07) is 3.18. The average Bonchev–Trinajstić information content (AvgIpc) is 3.31. The van der Waals surface area contributed by atoms with Crippen LogP contribution >= 0.6 is 0 Å². The van der Waals surface area contributed by atoms with E-state index in [2.05, 4.69) is 4.90 Å². The fraction of sp³-hybridized carbons (Fsp3) is 0.629. The molecule has 2 aliphatic carbocycles. The van der Waals surface area contributed by atoms with Crippen molar-refractivity contribution in [1.29, 1.82) is 0 Å². The first kappa shape index (κ1) is 36.1. The van der Waals surface area contributed by atoms with Crippen molar-refractivity contribution >= 4 is 30.0 Å². The number of aliphatic hydroxyl groups is 1. The molecule has 4 aliphatic rings. The minimum atomic E-state index is -1.72. The second-order valence-electron chi connectivity index (χ2n) is 15.0. The second-order valence-corrected chi connectivity index (χ2v) is 15.0. The number of rotatable bonds is 8. The van der Waals surface area contributed by atoms with Gasteiger partial charge in [-0.05, 0) is 92.6 Å². The Bertz CT molecular complexity index is 1590. The van der Waals surface area contributed by atoms with Crippen LogP contribution in [-0.2, 0) is 54.7 Å². The number of piperidine rings is 1. The van der Waals surface area contributed by atoms with Crippen molar-refractivity contribution in [1.82, 2.24) is 4.90 Å². The van der Waals surface area contributed by atoms with Gasteiger partial charge < -0.3 is 43.2 Å². The summed E-state index contributed by atoms with van der Waals surface area (Å²) in [6.45, 7) is 13.0. The van der Waals surface area contributed by atoms with Crippen molar-refractivity contribution in [2.24, 2.45) is 0 Å². The Hall–Kier alpha value is -4.17. The SMILES string of the molecule is CC(=O)O[C@@H](CC(=O)OC1=CC[C@@]2(O)[C@H]3Cc4ccc(OC(=O)OC(C)(C)C)c5c4[C@@]2(CCN3C)[C@H]1O5)C(=O)O[C@@H](C)C(=O)OC(C)(C)C. The molecule has 14 nitrogen and oxygen atoms in total. The predicted molar refractivity (Wildman–Crippen MR) is 169 cm³/mol. The van der Waals surface area contributed by atoms with E-state index in [-0.39, 0.29) is 29.7 Å². The highest BCUT2D eigenvalue weighted by atomic mass is 16.7. The Morgan fingerprint density at radius 3 is 2.31 bits per heavy atom. The van der Waals surface area contributed by atoms with E-state index in [1.54, 1.807) is 53.7 Å². The van der Waals surface area contributed by atoms with Gasteiger partial charge in [-0.3, -0.25) is 9.59 Å². The molecule has 5 rings (SSSR count). The molecule has 2 bridgehead atoms. The topological polar surface area (TPSA) is 173 Å². The number of hydrogen-bond donors (Lipinski definition) is 1. The summed E-state index contributed by atoms with van der Waals surface area (Å²) in [5, 5.41) is 12.5. The summed E-state index contributed by atoms with van der Waals surface area (Å²) in [6.07, 6.45) is -3.11. The van der Waals surface area contributed by atoms with Crippen molar-refractivity contribution in [3.63, 3.8) is 0 Å². The molecule has 0 aromatic heterocycles. The normalized spacial score (nSPS) is 26.5. The maximum atomic E-state index is 13.4. The highest BCUT2D eigenvalue weighted by molar-refractivity contribution is 5.86. The second kappa shape index (κ2) is 12.6. The lowest BCUT2D eigenvalue weighted by atomic mass is 9.50. The third-order valence-corrected chi connectivity index (χ3v) is 9.11. The summed E-state index contributed by atoms with van der Waals surface area (Å²) in [4.78, 5) is 65.5. The van der Waals surface area contributed by atoms with Crippen LogP contribution in [0, 0.1) is 0 Å². The molecule has 2 aliphatic heterocycles. The molecule has 1 aromatic rings. The highest BCUT2D eigenvalue weighted by Crippen LogP contribution is 2.65. The van der Waals surface area contributed by atoms with Crippen LogP contribution in [0.25, 0.3) is 0 Å². The molecule has 14 heteroatoms. The van der Waals surface area contributed by atoms with E-state index in [1.165, 1.54) is 6.92 Å². The molecule has 1 spiro atoms. The third-order valence-electron chi connectivity index (χ3n) is 9.11. The van der Waals surface area contributed by atoms with E-state index in [4.69, 9.17) is 33.2 Å². The molecular formula is C35H45NO13. The van der Waals surface area contributed by atoms with Gasteiger partial charge in [-0.1, -0.05) is 6.07 Å². The molecule has 49 heavy (non-hydrogen) atoms. The number of likely N-dealkylation sites (tertiary alicyclic amines) is 1. The number of carbonyl (C=O) groups excluding carboxylic acids is 5. The van der Waals surface area contributed by atoms with Gasteiger partial charge in [-0.15, -0.1) is 0 Å². The standard InChI is InChI=1S/C35H45NO13/c1-18(29(39)48-32(3,4)5)43-30(40)23(44-19(2)37)17-25(38)45-22-12-13-35(42)24-16-20-10-11-21(46-31(41)49-33(6,7)8)27-26(20)34(35,28(22)47-27)14-15-36(24)9/h10-12,18,23-24,28,42H,13-17H2,1-9H3/t18-,23-,24+,28-,34-,35+/m0/s1. The van der Waals surface area contributed by atoms with Gasteiger partial charge in [0.25, 0.3) is 0 Å². The van der Waals surface area contributed by atoms with Gasteiger partial charge >= 0.3 is 30.0 Å². The van der Waals surface area contributed by atoms with Gasteiger partial charge in [0.05, 0.1) is 17.4 Å². The minimum absolute atomic E-state index is 0.0855. The van der Waals surface area contributed by atoms with Crippen molar-refractivity contribution in [3.05, 3.63) is 35.1 Å². The number of hydrogen-bond acceptors (Lipinski definition) is 14. The van der Waals surface area contributed by atoms with E-state index in [9.17, 15) is 29.1 Å². The van der Waals surface area contributed by atoms with Gasteiger partial charge in [-0.25, -0.2) is 14.4 Å². The van der Waals surface area contributed by atoms with E-state index in [1.807, 2.05) is 13.1 Å². The molecule has 268 valence electrons. The maximum absolute atomic E-state index is 13.4. The Morgan fingerprint density at radius 2 is 1.67 bits per heavy atom. The zero-order chi connectivity index (χ0) is 36.3. The molecule has 1 saturated heterocycles. The lowest BCUT2D eigenvalue weighted by Crippen LogP contribution is -2.74. The smallest absolute Gasteiger partial charge is 0.477 e. The molecule has 1 aromatic carbocycles. The van der Waals surface area contributed by atoms with E-state index >= 15 is 0 Å². The number of nitrogens with zero attached hydrogens (tertiary/aromatic N) is 1. The highest BCUT2D eigenvalue weighted by Gasteiger charge is 2.72. The van der Waals surface area contributed by atoms with Crippen LogP contribution in [0.2, 0.25) is 0 Å². The summed E-state index contributed by atoms with van der Waals surface area (Å²) in [7, 11) is 1.95. The zero-order valence-corrected chi connectivity index (χ0v) is 29.4. The van der Waals surface area contributed by atoms with Crippen molar-refractivity contribution in [2.45, 2.75) is 128 Å². The Balaban J connectivity index is 1.41. The fourth-order valence-electron chi connectivity index (χ4n) is 7.25. The van der Waals surface area contributed by atoms with Crippen LogP contribution in [0.4, 0.5) is 4.79 Å². The number of esters is 4. The quantitative estimate of drug-likeness (QED) is 0.239.